The molecule has 0 bridgehead atoms. The summed E-state index contributed by atoms with van der Waals surface area (Å²) in [6, 6.07) is 8.00. The van der Waals surface area contributed by atoms with Gasteiger partial charge in [-0.15, -0.1) is 5.92 Å². The Bertz CT molecular complexity index is 1480. The SMILES string of the molecule is CC#CC1(CS(=O)(=O)N2CCN(c3ccc(-c4cc(OCC)cn5ncc(C#N)c45)cn3)CC2)CC1. The van der Waals surface area contributed by atoms with Crippen LogP contribution in [0.15, 0.2) is 36.8 Å². The summed E-state index contributed by atoms with van der Waals surface area (Å²) in [5.41, 5.74) is 2.50. The Morgan fingerprint density at radius 1 is 1.17 bits per heavy atom. The third-order valence-electron chi connectivity index (χ3n) is 6.74. The number of piperazine rings is 1. The van der Waals surface area contributed by atoms with Gasteiger partial charge in [-0.25, -0.2) is 17.9 Å². The molecule has 0 atom stereocenters. The largest absolute Gasteiger partial charge is 0.492 e. The fourth-order valence-electron chi connectivity index (χ4n) is 4.73. The average Bonchev–Trinajstić information content (AvgIpc) is 3.49. The number of nitrogens with zero attached hydrogens (tertiary/aromatic N) is 6. The van der Waals surface area contributed by atoms with Gasteiger partial charge in [0, 0.05) is 48.9 Å². The number of nitriles is 1. The number of sulfonamides is 1. The Hall–Kier alpha value is -3.60. The van der Waals surface area contributed by atoms with Crippen molar-refractivity contribution in [3.63, 3.8) is 0 Å². The van der Waals surface area contributed by atoms with Gasteiger partial charge in [-0.1, -0.05) is 5.92 Å². The first-order valence-electron chi connectivity index (χ1n) is 12.1. The molecule has 5 rings (SSSR count). The van der Waals surface area contributed by atoms with Gasteiger partial charge in [-0.05, 0) is 44.9 Å². The molecule has 1 aliphatic carbocycles. The number of hydrogen-bond acceptors (Lipinski definition) is 7. The first-order chi connectivity index (χ1) is 17.4. The predicted octanol–water partition coefficient (Wildman–Crippen LogP) is 2.92. The molecule has 3 aromatic heterocycles. The number of aromatic nitrogens is 3. The van der Waals surface area contributed by atoms with Crippen LogP contribution in [0.3, 0.4) is 0 Å². The monoisotopic (exact) mass is 504 g/mol. The van der Waals surface area contributed by atoms with Crippen LogP contribution >= 0.6 is 0 Å². The lowest BCUT2D eigenvalue weighted by atomic mass is 10.1. The molecule has 0 radical (unpaired) electrons. The second-order valence-electron chi connectivity index (χ2n) is 9.19. The van der Waals surface area contributed by atoms with E-state index in [0.29, 0.717) is 49.6 Å². The third kappa shape index (κ3) is 4.62. The van der Waals surface area contributed by atoms with Crippen LogP contribution in [0.4, 0.5) is 5.82 Å². The number of rotatable bonds is 7. The Labute approximate surface area is 211 Å². The summed E-state index contributed by atoms with van der Waals surface area (Å²) in [5.74, 6) is 7.55. The maximum atomic E-state index is 13.0. The average molecular weight is 505 g/mol. The van der Waals surface area contributed by atoms with E-state index in [0.717, 1.165) is 29.8 Å². The van der Waals surface area contributed by atoms with Crippen molar-refractivity contribution in [2.45, 2.75) is 26.7 Å². The molecule has 4 heterocycles. The van der Waals surface area contributed by atoms with E-state index in [-0.39, 0.29) is 11.2 Å². The van der Waals surface area contributed by atoms with E-state index in [1.165, 1.54) is 0 Å². The fourth-order valence-corrected chi connectivity index (χ4v) is 6.70. The standard InChI is InChI=1S/C26H28N6O3S/c1-3-7-26(8-9-26)19-36(33,34)31-12-10-30(11-13-31)24-6-5-20(16-28-24)23-14-22(35-4-2)18-32-25(23)21(15-27)17-29-32/h5-6,14,16-18H,4,8-13,19H2,1-2H3. The molecule has 1 aliphatic heterocycles. The number of anilines is 1. The Kier molecular flexibility index (Phi) is 6.33. The van der Waals surface area contributed by atoms with E-state index in [1.807, 2.05) is 25.1 Å². The molecule has 0 spiro atoms. The lowest BCUT2D eigenvalue weighted by Crippen LogP contribution is -2.50. The van der Waals surface area contributed by atoms with Crippen LogP contribution in [0.2, 0.25) is 0 Å². The molecule has 36 heavy (non-hydrogen) atoms. The minimum atomic E-state index is -3.34. The van der Waals surface area contributed by atoms with Gasteiger partial charge >= 0.3 is 0 Å². The normalized spacial score (nSPS) is 17.3. The van der Waals surface area contributed by atoms with Crippen molar-refractivity contribution in [1.82, 2.24) is 18.9 Å². The van der Waals surface area contributed by atoms with Gasteiger partial charge in [0.25, 0.3) is 0 Å². The first kappa shape index (κ1) is 24.1. The minimum Gasteiger partial charge on any atom is -0.492 e. The second kappa shape index (κ2) is 9.45. The second-order valence-corrected chi connectivity index (χ2v) is 11.2. The Morgan fingerprint density at radius 2 is 1.94 bits per heavy atom. The molecule has 0 aromatic carbocycles. The Balaban J connectivity index is 1.32. The van der Waals surface area contributed by atoms with Gasteiger partial charge in [-0.2, -0.15) is 14.7 Å². The third-order valence-corrected chi connectivity index (χ3v) is 8.80. The smallest absolute Gasteiger partial charge is 0.215 e. The number of ether oxygens (including phenoxy) is 1. The van der Waals surface area contributed by atoms with E-state index in [4.69, 9.17) is 4.74 Å². The highest BCUT2D eigenvalue weighted by Crippen LogP contribution is 2.46. The summed E-state index contributed by atoms with van der Waals surface area (Å²) in [7, 11) is -3.34. The van der Waals surface area contributed by atoms with Crippen molar-refractivity contribution in [1.29, 1.82) is 5.26 Å². The lowest BCUT2D eigenvalue weighted by Gasteiger charge is -2.35. The van der Waals surface area contributed by atoms with Crippen LogP contribution in [-0.2, 0) is 10.0 Å². The molecule has 2 aliphatic rings. The predicted molar refractivity (Wildman–Crippen MR) is 137 cm³/mol. The summed E-state index contributed by atoms with van der Waals surface area (Å²) in [4.78, 5) is 6.77. The zero-order valence-corrected chi connectivity index (χ0v) is 21.3. The highest BCUT2D eigenvalue weighted by molar-refractivity contribution is 7.89. The summed E-state index contributed by atoms with van der Waals surface area (Å²) in [6.45, 7) is 6.20. The van der Waals surface area contributed by atoms with Gasteiger partial charge in [0.15, 0.2) is 0 Å². The van der Waals surface area contributed by atoms with Crippen molar-refractivity contribution < 1.29 is 13.2 Å². The van der Waals surface area contributed by atoms with Crippen molar-refractivity contribution in [2.24, 2.45) is 5.41 Å². The van der Waals surface area contributed by atoms with Crippen molar-refractivity contribution >= 4 is 21.4 Å². The van der Waals surface area contributed by atoms with Crippen LogP contribution < -0.4 is 9.64 Å². The van der Waals surface area contributed by atoms with E-state index < -0.39 is 10.0 Å². The van der Waals surface area contributed by atoms with Crippen molar-refractivity contribution in [3.8, 4) is 34.8 Å². The first-order valence-corrected chi connectivity index (χ1v) is 13.7. The number of hydrogen-bond donors (Lipinski definition) is 0. The van der Waals surface area contributed by atoms with Gasteiger partial charge in [0.2, 0.25) is 10.0 Å². The summed E-state index contributed by atoms with van der Waals surface area (Å²) >= 11 is 0. The molecule has 2 fully saturated rings. The highest BCUT2D eigenvalue weighted by atomic mass is 32.2. The molecule has 10 heteroatoms. The molecule has 0 N–H and O–H groups in total. The van der Waals surface area contributed by atoms with E-state index in [9.17, 15) is 13.7 Å². The van der Waals surface area contributed by atoms with Crippen LogP contribution in [0, 0.1) is 28.6 Å². The minimum absolute atomic E-state index is 0.113. The molecule has 186 valence electrons. The maximum Gasteiger partial charge on any atom is 0.215 e. The van der Waals surface area contributed by atoms with Crippen LogP contribution in [-0.4, -0.2) is 65.9 Å². The number of fused-ring (bicyclic) bond motifs is 1. The summed E-state index contributed by atoms with van der Waals surface area (Å²) in [6.07, 6.45) is 6.80. The van der Waals surface area contributed by atoms with Crippen LogP contribution in [0.5, 0.6) is 5.75 Å². The highest BCUT2D eigenvalue weighted by Gasteiger charge is 2.46. The molecular weight excluding hydrogens is 476 g/mol. The van der Waals surface area contributed by atoms with E-state index >= 15 is 0 Å². The van der Waals surface area contributed by atoms with Gasteiger partial charge in [0.1, 0.15) is 17.6 Å². The van der Waals surface area contributed by atoms with Crippen LogP contribution in [0.1, 0.15) is 32.3 Å². The van der Waals surface area contributed by atoms with Crippen LogP contribution in [0.25, 0.3) is 16.6 Å². The lowest BCUT2D eigenvalue weighted by molar-refractivity contribution is 0.338. The maximum absolute atomic E-state index is 13.0. The van der Waals surface area contributed by atoms with Gasteiger partial charge in [-0.3, -0.25) is 0 Å². The van der Waals surface area contributed by atoms with E-state index in [1.54, 1.807) is 34.3 Å². The van der Waals surface area contributed by atoms with Crippen molar-refractivity contribution in [3.05, 3.63) is 42.4 Å². The van der Waals surface area contributed by atoms with E-state index in [2.05, 4.69) is 32.9 Å². The number of pyridine rings is 2. The van der Waals surface area contributed by atoms with Gasteiger partial charge in [0.05, 0.1) is 35.8 Å². The van der Waals surface area contributed by atoms with Gasteiger partial charge < -0.3 is 9.64 Å². The van der Waals surface area contributed by atoms with Crippen molar-refractivity contribution in [2.75, 3.05) is 43.4 Å². The zero-order valence-electron chi connectivity index (χ0n) is 20.4. The Morgan fingerprint density at radius 3 is 2.56 bits per heavy atom. The zero-order chi connectivity index (χ0) is 25.3. The molecule has 1 saturated carbocycles. The summed E-state index contributed by atoms with van der Waals surface area (Å²) < 4.78 is 34.8. The molecule has 3 aromatic rings. The molecule has 0 unspecified atom stereocenters. The molecule has 0 amide bonds. The fraction of sp³-hybridized carbons (Fsp3) is 0.423. The quantitative estimate of drug-likeness (QED) is 0.456. The summed E-state index contributed by atoms with van der Waals surface area (Å²) in [5, 5.41) is 13.8. The molecular formula is C26H28N6O3S. The molecule has 9 nitrogen and oxygen atoms in total. The topological polar surface area (TPSA) is 104 Å². The molecule has 1 saturated heterocycles.